The van der Waals surface area contributed by atoms with E-state index < -0.39 is 11.9 Å². The van der Waals surface area contributed by atoms with E-state index in [0.29, 0.717) is 34.1 Å². The molecule has 2 heterocycles. The van der Waals surface area contributed by atoms with E-state index in [1.54, 1.807) is 25.3 Å². The Labute approximate surface area is 175 Å². The van der Waals surface area contributed by atoms with Gasteiger partial charge in [0, 0.05) is 35.1 Å². The second kappa shape index (κ2) is 7.75. The Morgan fingerprint density at radius 2 is 1.97 bits per heavy atom. The lowest BCUT2D eigenvalue weighted by molar-refractivity contribution is 0.0175. The van der Waals surface area contributed by atoms with Crippen LogP contribution in [0.4, 0.5) is 20.3 Å². The summed E-state index contributed by atoms with van der Waals surface area (Å²) in [7, 11) is 0. The molecule has 0 aliphatic carbocycles. The third-order valence-corrected chi connectivity index (χ3v) is 4.66. The van der Waals surface area contributed by atoms with E-state index in [4.69, 9.17) is 4.74 Å². The number of fused-ring (bicyclic) bond motifs is 3. The van der Waals surface area contributed by atoms with E-state index in [2.05, 4.69) is 20.3 Å². The summed E-state index contributed by atoms with van der Waals surface area (Å²) in [5.41, 5.74) is 1.13. The summed E-state index contributed by atoms with van der Waals surface area (Å²) >= 11 is 0. The number of nitrogens with one attached hydrogen (secondary N) is 1. The summed E-state index contributed by atoms with van der Waals surface area (Å²) in [6, 6.07) is 10.5. The molecule has 0 fully saturated rings. The normalized spacial score (nSPS) is 11.6. The van der Waals surface area contributed by atoms with Crippen molar-refractivity contribution in [1.82, 2.24) is 15.0 Å². The molecule has 2 aromatic heterocycles. The first-order valence-corrected chi connectivity index (χ1v) is 9.48. The highest BCUT2D eigenvalue weighted by Crippen LogP contribution is 2.33. The molecule has 158 valence electrons. The lowest BCUT2D eigenvalue weighted by Crippen LogP contribution is -2.07. The third kappa shape index (κ3) is 4.07. The molecule has 7 nitrogen and oxygen atoms in total. The van der Waals surface area contributed by atoms with Crippen molar-refractivity contribution in [3.8, 4) is 6.01 Å². The second-order valence-electron chi connectivity index (χ2n) is 6.94. The second-order valence-corrected chi connectivity index (χ2v) is 6.94. The molecular formula is C22H18F2N4O3. The average molecular weight is 424 g/mol. The van der Waals surface area contributed by atoms with Gasteiger partial charge in [-0.2, -0.15) is 4.98 Å². The van der Waals surface area contributed by atoms with Crippen molar-refractivity contribution in [3.05, 3.63) is 59.8 Å². The number of carboxylic acid groups (broad SMARTS) is 1. The number of carboxylic acids is 1. The molecule has 31 heavy (non-hydrogen) atoms. The summed E-state index contributed by atoms with van der Waals surface area (Å²) in [5, 5.41) is 13.6. The Morgan fingerprint density at radius 1 is 1.16 bits per heavy atom. The Balaban J connectivity index is 1.92. The molecule has 0 bridgehead atoms. The molecule has 0 spiro atoms. The number of anilines is 2. The van der Waals surface area contributed by atoms with Gasteiger partial charge in [0.05, 0.1) is 17.7 Å². The highest BCUT2D eigenvalue weighted by Gasteiger charge is 2.24. The number of halogens is 2. The van der Waals surface area contributed by atoms with E-state index in [0.717, 1.165) is 6.92 Å². The number of ether oxygens (including phenoxy) is 1. The number of alkyl halides is 2. The zero-order chi connectivity index (χ0) is 22.2. The van der Waals surface area contributed by atoms with Gasteiger partial charge in [0.25, 0.3) is 5.92 Å². The van der Waals surface area contributed by atoms with Gasteiger partial charge in [0.15, 0.2) is 5.82 Å². The van der Waals surface area contributed by atoms with Gasteiger partial charge in [-0.1, -0.05) is 18.2 Å². The van der Waals surface area contributed by atoms with E-state index in [1.807, 2.05) is 0 Å². The van der Waals surface area contributed by atoms with Crippen LogP contribution < -0.4 is 10.1 Å². The van der Waals surface area contributed by atoms with Gasteiger partial charge in [-0.15, -0.1) is 0 Å². The molecule has 0 aliphatic rings. The van der Waals surface area contributed by atoms with Crippen molar-refractivity contribution >= 4 is 39.3 Å². The Morgan fingerprint density at radius 3 is 2.68 bits per heavy atom. The molecule has 0 amide bonds. The van der Waals surface area contributed by atoms with Crippen molar-refractivity contribution in [2.45, 2.75) is 19.8 Å². The zero-order valence-electron chi connectivity index (χ0n) is 16.7. The van der Waals surface area contributed by atoms with Gasteiger partial charge in [0.1, 0.15) is 5.52 Å². The number of aromatic carboxylic acids is 1. The summed E-state index contributed by atoms with van der Waals surface area (Å²) in [4.78, 5) is 24.5. The monoisotopic (exact) mass is 424 g/mol. The van der Waals surface area contributed by atoms with Crippen LogP contribution >= 0.6 is 0 Å². The Bertz CT molecular complexity index is 1310. The van der Waals surface area contributed by atoms with Crippen LogP contribution in [0.15, 0.2) is 48.7 Å². The van der Waals surface area contributed by atoms with Crippen molar-refractivity contribution in [2.75, 3.05) is 11.9 Å². The Kier molecular flexibility index (Phi) is 5.10. The SMILES string of the molecule is CCOc1ncc2c(n1)c(Nc1cccc(C(C)(F)F)c1)nc1cc(C(=O)O)ccc12. The number of aromatic nitrogens is 3. The first-order valence-electron chi connectivity index (χ1n) is 9.48. The molecule has 0 aliphatic heterocycles. The predicted octanol–water partition coefficient (Wildman–Crippen LogP) is 5.13. The van der Waals surface area contributed by atoms with E-state index in [9.17, 15) is 18.7 Å². The van der Waals surface area contributed by atoms with Gasteiger partial charge in [-0.25, -0.2) is 23.5 Å². The highest BCUT2D eigenvalue weighted by molar-refractivity contribution is 6.09. The van der Waals surface area contributed by atoms with Crippen molar-refractivity contribution in [3.63, 3.8) is 0 Å². The lowest BCUT2D eigenvalue weighted by atomic mass is 10.1. The number of hydrogen-bond donors (Lipinski definition) is 2. The van der Waals surface area contributed by atoms with Crippen LogP contribution in [0.3, 0.4) is 0 Å². The van der Waals surface area contributed by atoms with Crippen LogP contribution in [0.2, 0.25) is 0 Å². The quantitative estimate of drug-likeness (QED) is 0.414. The van der Waals surface area contributed by atoms with Crippen LogP contribution in [0.5, 0.6) is 6.01 Å². The fourth-order valence-corrected chi connectivity index (χ4v) is 3.19. The first kappa shape index (κ1) is 20.4. The number of hydrogen-bond acceptors (Lipinski definition) is 6. The molecule has 0 saturated carbocycles. The maximum atomic E-state index is 13.8. The maximum absolute atomic E-state index is 13.8. The van der Waals surface area contributed by atoms with Gasteiger partial charge in [0.2, 0.25) is 0 Å². The summed E-state index contributed by atoms with van der Waals surface area (Å²) in [5.74, 6) is -3.82. The van der Waals surface area contributed by atoms with Crippen LogP contribution in [0, 0.1) is 0 Å². The molecule has 2 aromatic carbocycles. The summed E-state index contributed by atoms with van der Waals surface area (Å²) < 4.78 is 32.9. The lowest BCUT2D eigenvalue weighted by Gasteiger charge is -2.15. The van der Waals surface area contributed by atoms with Crippen molar-refractivity contribution in [1.29, 1.82) is 0 Å². The predicted molar refractivity (Wildman–Crippen MR) is 112 cm³/mol. The molecule has 2 N–H and O–H groups in total. The number of rotatable bonds is 6. The number of nitrogens with zero attached hydrogens (tertiary/aromatic N) is 3. The van der Waals surface area contributed by atoms with E-state index in [1.165, 1.54) is 30.3 Å². The molecular weight excluding hydrogens is 406 g/mol. The molecule has 0 atom stereocenters. The minimum absolute atomic E-state index is 0.0739. The van der Waals surface area contributed by atoms with Crippen LogP contribution in [0.25, 0.3) is 21.8 Å². The summed E-state index contributed by atoms with van der Waals surface area (Å²) in [6.45, 7) is 2.99. The number of benzene rings is 2. The topological polar surface area (TPSA) is 97.2 Å². The smallest absolute Gasteiger partial charge is 0.335 e. The zero-order valence-corrected chi connectivity index (χ0v) is 16.7. The van der Waals surface area contributed by atoms with Crippen LogP contribution in [0.1, 0.15) is 29.8 Å². The van der Waals surface area contributed by atoms with Gasteiger partial charge >= 0.3 is 12.0 Å². The standard InChI is InChI=1S/C22H18F2N4O3/c1-3-31-21-25-11-16-15-8-7-12(20(29)30)9-17(15)27-19(18(16)28-21)26-14-6-4-5-13(10-14)22(2,23)24/h4-11H,3H2,1-2H3,(H,26,27)(H,29,30). The van der Waals surface area contributed by atoms with E-state index in [-0.39, 0.29) is 23.0 Å². The number of carbonyl (C=O) groups is 1. The van der Waals surface area contributed by atoms with Crippen LogP contribution in [-0.2, 0) is 5.92 Å². The number of pyridine rings is 1. The van der Waals surface area contributed by atoms with E-state index >= 15 is 0 Å². The van der Waals surface area contributed by atoms with Crippen molar-refractivity contribution in [2.24, 2.45) is 0 Å². The minimum Gasteiger partial charge on any atom is -0.478 e. The molecule has 9 heteroatoms. The fraction of sp³-hybridized carbons (Fsp3) is 0.182. The van der Waals surface area contributed by atoms with Crippen molar-refractivity contribution < 1.29 is 23.4 Å². The van der Waals surface area contributed by atoms with Crippen LogP contribution in [-0.4, -0.2) is 32.6 Å². The minimum atomic E-state index is -3.00. The summed E-state index contributed by atoms with van der Waals surface area (Å²) in [6.07, 6.45) is 1.57. The fourth-order valence-electron chi connectivity index (χ4n) is 3.19. The molecule has 0 unspecified atom stereocenters. The largest absolute Gasteiger partial charge is 0.478 e. The average Bonchev–Trinajstić information content (AvgIpc) is 2.73. The Hall–Kier alpha value is -3.88. The van der Waals surface area contributed by atoms with Gasteiger partial charge in [-0.05, 0) is 31.2 Å². The van der Waals surface area contributed by atoms with Gasteiger partial charge in [-0.3, -0.25) is 0 Å². The molecule has 4 aromatic rings. The molecule has 4 rings (SSSR count). The third-order valence-electron chi connectivity index (χ3n) is 4.66. The first-order chi connectivity index (χ1) is 14.8. The van der Waals surface area contributed by atoms with Gasteiger partial charge < -0.3 is 15.2 Å². The highest BCUT2D eigenvalue weighted by atomic mass is 19.3. The maximum Gasteiger partial charge on any atom is 0.335 e. The molecule has 0 radical (unpaired) electrons. The molecule has 0 saturated heterocycles.